The molecule has 0 N–H and O–H groups in total. The summed E-state index contributed by atoms with van der Waals surface area (Å²) in [6.45, 7) is 5.64. The van der Waals surface area contributed by atoms with Crippen molar-refractivity contribution < 1.29 is 56.7 Å². The summed E-state index contributed by atoms with van der Waals surface area (Å²) in [5.74, 6) is -0.316. The van der Waals surface area contributed by atoms with Crippen molar-refractivity contribution in [2.75, 3.05) is 45.4 Å². The normalized spacial score (nSPS) is 11.5. The minimum absolute atomic E-state index is 0. The fourth-order valence-corrected chi connectivity index (χ4v) is 2.92. The van der Waals surface area contributed by atoms with E-state index in [1.54, 1.807) is 0 Å². The smallest absolute Gasteiger partial charge is 0.748 e. The summed E-state index contributed by atoms with van der Waals surface area (Å²) in [5, 5.41) is 0. The second-order valence-electron chi connectivity index (χ2n) is 6.28. The van der Waals surface area contributed by atoms with Gasteiger partial charge in [0.1, 0.15) is 0 Å². The first-order valence-corrected chi connectivity index (χ1v) is 11.3. The predicted octanol–water partition coefficient (Wildman–Crippen LogP) is 0.506. The van der Waals surface area contributed by atoms with Gasteiger partial charge in [-0.05, 0) is 19.3 Å². The maximum atomic E-state index is 10.4. The monoisotopic (exact) mass is 404 g/mol. The van der Waals surface area contributed by atoms with Crippen molar-refractivity contribution >= 4 is 10.1 Å². The molecule has 26 heavy (non-hydrogen) atoms. The van der Waals surface area contributed by atoms with E-state index in [0.717, 1.165) is 13.0 Å². The summed E-state index contributed by atoms with van der Waals surface area (Å²) in [6, 6.07) is 0. The molecule has 0 rings (SSSR count). The number of rotatable bonds is 20. The maximum absolute atomic E-state index is 10.4. The van der Waals surface area contributed by atoms with E-state index in [4.69, 9.17) is 14.2 Å². The van der Waals surface area contributed by atoms with E-state index in [1.807, 2.05) is 0 Å². The Kier molecular flexibility index (Phi) is 24.6. The van der Waals surface area contributed by atoms with Crippen molar-refractivity contribution in [3.8, 4) is 0 Å². The third-order valence-corrected chi connectivity index (χ3v) is 4.61. The molecule has 0 fully saturated rings. The van der Waals surface area contributed by atoms with E-state index in [1.165, 1.54) is 44.9 Å². The molecule has 0 aromatic heterocycles. The van der Waals surface area contributed by atoms with Crippen LogP contribution in [0.3, 0.4) is 0 Å². The van der Waals surface area contributed by atoms with Gasteiger partial charge >= 0.3 is 29.6 Å². The van der Waals surface area contributed by atoms with Crippen LogP contribution in [-0.4, -0.2) is 58.4 Å². The summed E-state index contributed by atoms with van der Waals surface area (Å²) in [7, 11) is -4.09. The molecular formula is C18H37NaO6S. The zero-order chi connectivity index (χ0) is 18.6. The number of hydrogen-bond acceptors (Lipinski definition) is 6. The minimum Gasteiger partial charge on any atom is -0.748 e. The standard InChI is InChI=1S/C18H38O6S.Na/c1-2-3-4-5-6-7-8-9-12-22-14-16-24-17-15-23-13-10-11-18-25(19,20)21;/h2-18H2,1H3,(H,19,20,21);/q;+1/p-1. The Morgan fingerprint density at radius 2 is 1.00 bits per heavy atom. The van der Waals surface area contributed by atoms with Crippen LogP contribution >= 0.6 is 0 Å². The average Bonchev–Trinajstić information content (AvgIpc) is 2.56. The van der Waals surface area contributed by atoms with E-state index in [0.29, 0.717) is 45.9 Å². The Morgan fingerprint density at radius 3 is 1.46 bits per heavy atom. The molecule has 0 unspecified atom stereocenters. The molecule has 0 aliphatic carbocycles. The number of unbranched alkanes of at least 4 members (excludes halogenated alkanes) is 8. The topological polar surface area (TPSA) is 84.9 Å². The van der Waals surface area contributed by atoms with Crippen LogP contribution in [0.5, 0.6) is 0 Å². The van der Waals surface area contributed by atoms with Crippen molar-refractivity contribution in [2.24, 2.45) is 0 Å². The Hall–Kier alpha value is 0.790. The molecule has 0 aliphatic rings. The summed E-state index contributed by atoms with van der Waals surface area (Å²) in [6.07, 6.45) is 11.3. The Morgan fingerprint density at radius 1 is 0.615 bits per heavy atom. The first-order valence-electron chi connectivity index (χ1n) is 9.73. The Labute approximate surface area is 182 Å². The fourth-order valence-electron chi connectivity index (χ4n) is 2.36. The van der Waals surface area contributed by atoms with Gasteiger partial charge in [0, 0.05) is 19.0 Å². The van der Waals surface area contributed by atoms with E-state index >= 15 is 0 Å². The molecule has 0 bridgehead atoms. The molecule has 0 amide bonds. The summed E-state index contributed by atoms with van der Waals surface area (Å²) >= 11 is 0. The van der Waals surface area contributed by atoms with E-state index in [2.05, 4.69) is 6.92 Å². The zero-order valence-corrected chi connectivity index (χ0v) is 19.7. The molecule has 0 radical (unpaired) electrons. The van der Waals surface area contributed by atoms with Gasteiger partial charge in [-0.2, -0.15) is 0 Å². The maximum Gasteiger partial charge on any atom is 1.00 e. The Balaban J connectivity index is 0. The number of ether oxygens (including phenoxy) is 3. The van der Waals surface area contributed by atoms with E-state index < -0.39 is 10.1 Å². The van der Waals surface area contributed by atoms with Crippen LogP contribution in [0.2, 0.25) is 0 Å². The van der Waals surface area contributed by atoms with Crippen LogP contribution in [0.1, 0.15) is 71.1 Å². The molecule has 0 aromatic carbocycles. The van der Waals surface area contributed by atoms with Gasteiger partial charge in [-0.3, -0.25) is 0 Å². The first-order chi connectivity index (χ1) is 12.1. The van der Waals surface area contributed by atoms with Gasteiger partial charge in [-0.15, -0.1) is 0 Å². The molecule has 0 aliphatic heterocycles. The van der Waals surface area contributed by atoms with Gasteiger partial charge in [0.05, 0.1) is 36.5 Å². The van der Waals surface area contributed by atoms with Crippen molar-refractivity contribution in [1.82, 2.24) is 0 Å². The van der Waals surface area contributed by atoms with E-state index in [-0.39, 0.29) is 35.3 Å². The minimum atomic E-state index is -4.09. The van der Waals surface area contributed by atoms with Crippen LogP contribution in [0.4, 0.5) is 0 Å². The molecular weight excluding hydrogens is 367 g/mol. The van der Waals surface area contributed by atoms with Crippen LogP contribution in [-0.2, 0) is 24.3 Å². The zero-order valence-electron chi connectivity index (χ0n) is 16.9. The average molecular weight is 405 g/mol. The van der Waals surface area contributed by atoms with Crippen LogP contribution in [0.15, 0.2) is 0 Å². The third kappa shape index (κ3) is 27.0. The molecule has 6 nitrogen and oxygen atoms in total. The molecule has 0 saturated heterocycles. The molecule has 0 spiro atoms. The van der Waals surface area contributed by atoms with Gasteiger partial charge in [0.2, 0.25) is 0 Å². The van der Waals surface area contributed by atoms with Gasteiger partial charge in [-0.25, -0.2) is 8.42 Å². The molecule has 0 aromatic rings. The van der Waals surface area contributed by atoms with Gasteiger partial charge in [0.15, 0.2) is 0 Å². The molecule has 0 saturated carbocycles. The first kappa shape index (κ1) is 29.0. The molecule has 0 heterocycles. The summed E-state index contributed by atoms with van der Waals surface area (Å²) in [4.78, 5) is 0. The second-order valence-corrected chi connectivity index (χ2v) is 7.80. The number of hydrogen-bond donors (Lipinski definition) is 0. The molecule has 152 valence electrons. The van der Waals surface area contributed by atoms with Crippen LogP contribution < -0.4 is 29.6 Å². The fraction of sp³-hybridized carbons (Fsp3) is 1.00. The Bertz CT molecular complexity index is 365. The quantitative estimate of drug-likeness (QED) is 0.167. The van der Waals surface area contributed by atoms with Crippen LogP contribution in [0, 0.1) is 0 Å². The van der Waals surface area contributed by atoms with Crippen molar-refractivity contribution in [3.63, 3.8) is 0 Å². The van der Waals surface area contributed by atoms with Crippen LogP contribution in [0.25, 0.3) is 0 Å². The predicted molar refractivity (Wildman–Crippen MR) is 98.9 cm³/mol. The van der Waals surface area contributed by atoms with Crippen molar-refractivity contribution in [3.05, 3.63) is 0 Å². The summed E-state index contributed by atoms with van der Waals surface area (Å²) < 4.78 is 47.3. The SMILES string of the molecule is CCCCCCCCCCOCCOCCOCCCCS(=O)(=O)[O-].[Na+]. The van der Waals surface area contributed by atoms with Crippen molar-refractivity contribution in [2.45, 2.75) is 71.1 Å². The second kappa shape index (κ2) is 22.1. The van der Waals surface area contributed by atoms with Gasteiger partial charge < -0.3 is 18.8 Å². The largest absolute Gasteiger partial charge is 1.00 e. The molecule has 0 atom stereocenters. The molecule has 8 heteroatoms. The third-order valence-electron chi connectivity index (χ3n) is 3.82. The summed E-state index contributed by atoms with van der Waals surface area (Å²) in [5.41, 5.74) is 0. The van der Waals surface area contributed by atoms with Gasteiger partial charge in [0.25, 0.3) is 0 Å². The van der Waals surface area contributed by atoms with Crippen molar-refractivity contribution in [1.29, 1.82) is 0 Å². The van der Waals surface area contributed by atoms with Gasteiger partial charge in [-0.1, -0.05) is 51.9 Å². The van der Waals surface area contributed by atoms with E-state index in [9.17, 15) is 13.0 Å².